The third-order valence-corrected chi connectivity index (χ3v) is 8.19. The number of hydrogen-bond acceptors (Lipinski definition) is 6. The molecule has 0 radical (unpaired) electrons. The van der Waals surface area contributed by atoms with Gasteiger partial charge in [-0.1, -0.05) is 103 Å². The second kappa shape index (κ2) is 14.2. The Labute approximate surface area is 260 Å². The largest absolute Gasteiger partial charge is 0.445 e. The lowest BCUT2D eigenvalue weighted by atomic mass is 9.90. The minimum Gasteiger partial charge on any atom is -0.445 e. The van der Waals surface area contributed by atoms with Gasteiger partial charge < -0.3 is 29.2 Å². The van der Waals surface area contributed by atoms with Crippen LogP contribution in [0, 0.1) is 5.92 Å². The smallest absolute Gasteiger partial charge is 0.407 e. The molecule has 8 nitrogen and oxygen atoms in total. The number of amides is 1. The number of aliphatic hydroxyl groups excluding tert-OH is 1. The topological polar surface area (TPSA) is 94.8 Å². The molecule has 1 amide bonds. The van der Waals surface area contributed by atoms with Crippen LogP contribution in [0.15, 0.2) is 91.8 Å². The first-order chi connectivity index (χ1) is 20.9. The van der Waals surface area contributed by atoms with Crippen LogP contribution in [0.5, 0.6) is 0 Å². The first-order valence-corrected chi connectivity index (χ1v) is 14.7. The number of carbonyl (C=O) groups is 1. The Morgan fingerprint density at radius 2 is 1.79 bits per heavy atom. The molecular formula is C33H33Cl2N3O5. The minimum absolute atomic E-state index is 0.0287. The molecule has 0 saturated carbocycles. The molecule has 0 unspecified atom stereocenters. The molecule has 0 aliphatic carbocycles. The molecule has 1 aliphatic heterocycles. The number of alkyl carbamates (subject to hydrolysis) is 1. The van der Waals surface area contributed by atoms with Crippen molar-refractivity contribution in [3.8, 4) is 11.1 Å². The van der Waals surface area contributed by atoms with Gasteiger partial charge >= 0.3 is 6.09 Å². The Morgan fingerprint density at radius 3 is 2.49 bits per heavy atom. The number of rotatable bonds is 10. The fourth-order valence-corrected chi connectivity index (χ4v) is 5.39. The Balaban J connectivity index is 1.40. The lowest BCUT2D eigenvalue weighted by Gasteiger charge is -2.41. The number of hydrogen-bond donors (Lipinski definition) is 2. The van der Waals surface area contributed by atoms with Crippen LogP contribution >= 0.6 is 23.2 Å². The molecule has 1 fully saturated rings. The van der Waals surface area contributed by atoms with E-state index in [1.807, 2.05) is 66.7 Å². The SMILES string of the molecule is C=CCOC(=O)NCc1cccc(-c2cccc([C@H]3O[C@@H](Cn4cnc(Cl)c4Cl)[C@@H](C)[C@@H](c4ccc(CO)cc4)O3)c2)c1. The first kappa shape index (κ1) is 30.8. The number of carbonyl (C=O) groups excluding carboxylic acids is 1. The predicted octanol–water partition coefficient (Wildman–Crippen LogP) is 7.25. The van der Waals surface area contributed by atoms with Gasteiger partial charge in [0.2, 0.25) is 0 Å². The minimum atomic E-state index is -0.661. The van der Waals surface area contributed by atoms with E-state index in [2.05, 4.69) is 29.9 Å². The Bertz CT molecular complexity index is 1560. The van der Waals surface area contributed by atoms with Crippen LogP contribution in [0.2, 0.25) is 10.3 Å². The van der Waals surface area contributed by atoms with Crippen LogP contribution in [-0.2, 0) is 33.9 Å². The highest BCUT2D eigenvalue weighted by Gasteiger charge is 2.39. The summed E-state index contributed by atoms with van der Waals surface area (Å²) in [6, 6.07) is 23.7. The second-order valence-corrected chi connectivity index (χ2v) is 11.1. The predicted molar refractivity (Wildman–Crippen MR) is 165 cm³/mol. The molecule has 2 heterocycles. The summed E-state index contributed by atoms with van der Waals surface area (Å²) in [5, 5.41) is 12.9. The fraction of sp³-hybridized carbons (Fsp3) is 0.273. The van der Waals surface area contributed by atoms with E-state index in [1.165, 1.54) is 6.08 Å². The van der Waals surface area contributed by atoms with Crippen LogP contribution in [0.4, 0.5) is 4.79 Å². The molecule has 43 heavy (non-hydrogen) atoms. The molecule has 4 aromatic rings. The molecule has 4 atom stereocenters. The molecule has 5 rings (SSSR count). The van der Waals surface area contributed by atoms with Crippen LogP contribution in [0.25, 0.3) is 11.1 Å². The third-order valence-electron chi connectivity index (χ3n) is 7.42. The zero-order chi connectivity index (χ0) is 30.3. The van der Waals surface area contributed by atoms with E-state index in [1.54, 1.807) is 10.9 Å². The molecule has 3 aromatic carbocycles. The number of nitrogens with zero attached hydrogens (tertiary/aromatic N) is 2. The molecular weight excluding hydrogens is 589 g/mol. The van der Waals surface area contributed by atoms with Crippen LogP contribution in [-0.4, -0.2) is 33.5 Å². The third kappa shape index (κ3) is 7.47. The van der Waals surface area contributed by atoms with E-state index in [9.17, 15) is 9.90 Å². The van der Waals surface area contributed by atoms with Crippen molar-refractivity contribution in [1.29, 1.82) is 0 Å². The Hall–Kier alpha value is -3.66. The number of nitrogens with one attached hydrogen (secondary N) is 1. The van der Waals surface area contributed by atoms with Gasteiger partial charge in [0.25, 0.3) is 0 Å². The Morgan fingerprint density at radius 1 is 1.05 bits per heavy atom. The number of aromatic nitrogens is 2. The first-order valence-electron chi connectivity index (χ1n) is 13.9. The van der Waals surface area contributed by atoms with E-state index in [4.69, 9.17) is 37.4 Å². The van der Waals surface area contributed by atoms with Crippen molar-refractivity contribution in [3.63, 3.8) is 0 Å². The molecule has 2 N–H and O–H groups in total. The van der Waals surface area contributed by atoms with Crippen LogP contribution in [0.1, 0.15) is 41.6 Å². The van der Waals surface area contributed by atoms with Crippen molar-refractivity contribution in [1.82, 2.24) is 14.9 Å². The summed E-state index contributed by atoms with van der Waals surface area (Å²) in [5.74, 6) is -0.0426. The van der Waals surface area contributed by atoms with E-state index in [0.717, 1.165) is 33.4 Å². The summed E-state index contributed by atoms with van der Waals surface area (Å²) in [6.07, 6.45) is 1.41. The van der Waals surface area contributed by atoms with E-state index < -0.39 is 12.4 Å². The number of imidazole rings is 1. The van der Waals surface area contributed by atoms with Gasteiger partial charge in [0, 0.05) is 18.0 Å². The zero-order valence-electron chi connectivity index (χ0n) is 23.7. The molecule has 224 valence electrons. The maximum atomic E-state index is 11.9. The second-order valence-electron chi connectivity index (χ2n) is 10.4. The van der Waals surface area contributed by atoms with Gasteiger partial charge in [-0.05, 0) is 39.9 Å². The zero-order valence-corrected chi connectivity index (χ0v) is 25.2. The summed E-state index contributed by atoms with van der Waals surface area (Å²) >= 11 is 12.5. The summed E-state index contributed by atoms with van der Waals surface area (Å²) in [5.41, 5.74) is 5.56. The number of halogens is 2. The van der Waals surface area contributed by atoms with Gasteiger partial charge in [-0.2, -0.15) is 0 Å². The van der Waals surface area contributed by atoms with Gasteiger partial charge in [0.05, 0.1) is 31.7 Å². The molecule has 0 spiro atoms. The quantitative estimate of drug-likeness (QED) is 0.181. The normalized spacial score (nSPS) is 20.0. The van der Waals surface area contributed by atoms with E-state index in [0.29, 0.717) is 18.2 Å². The molecule has 1 saturated heterocycles. The highest BCUT2D eigenvalue weighted by molar-refractivity contribution is 6.40. The fourth-order valence-electron chi connectivity index (χ4n) is 5.08. The summed E-state index contributed by atoms with van der Waals surface area (Å²) in [6.45, 7) is 6.53. The molecule has 10 heteroatoms. The van der Waals surface area contributed by atoms with Gasteiger partial charge in [-0.3, -0.25) is 0 Å². The monoisotopic (exact) mass is 621 g/mol. The Kier molecular flexibility index (Phi) is 10.2. The van der Waals surface area contributed by atoms with Crippen molar-refractivity contribution in [2.45, 2.75) is 45.1 Å². The van der Waals surface area contributed by atoms with Crippen molar-refractivity contribution in [2.75, 3.05) is 6.61 Å². The van der Waals surface area contributed by atoms with Crippen LogP contribution < -0.4 is 5.32 Å². The summed E-state index contributed by atoms with van der Waals surface area (Å²) in [7, 11) is 0. The number of ether oxygens (including phenoxy) is 3. The van der Waals surface area contributed by atoms with Crippen LogP contribution in [0.3, 0.4) is 0 Å². The summed E-state index contributed by atoms with van der Waals surface area (Å²) in [4.78, 5) is 16.0. The van der Waals surface area contributed by atoms with Crippen molar-refractivity contribution in [2.24, 2.45) is 5.92 Å². The maximum absolute atomic E-state index is 11.9. The van der Waals surface area contributed by atoms with Gasteiger partial charge in [0.15, 0.2) is 11.4 Å². The average Bonchev–Trinajstić information content (AvgIpc) is 3.36. The molecule has 1 aromatic heterocycles. The van der Waals surface area contributed by atoms with Gasteiger partial charge in [0.1, 0.15) is 11.8 Å². The lowest BCUT2D eigenvalue weighted by molar-refractivity contribution is -0.276. The summed E-state index contributed by atoms with van der Waals surface area (Å²) < 4.78 is 20.0. The molecule has 0 bridgehead atoms. The molecule has 1 aliphatic rings. The van der Waals surface area contributed by atoms with E-state index in [-0.39, 0.29) is 36.5 Å². The number of benzene rings is 3. The highest BCUT2D eigenvalue weighted by atomic mass is 35.5. The van der Waals surface area contributed by atoms with Crippen molar-refractivity contribution < 1.29 is 24.1 Å². The number of aliphatic hydroxyl groups is 1. The van der Waals surface area contributed by atoms with E-state index >= 15 is 0 Å². The lowest BCUT2D eigenvalue weighted by Crippen LogP contribution is -2.39. The van der Waals surface area contributed by atoms with Crippen molar-refractivity contribution in [3.05, 3.63) is 124 Å². The average molecular weight is 623 g/mol. The van der Waals surface area contributed by atoms with Gasteiger partial charge in [-0.25, -0.2) is 9.78 Å². The van der Waals surface area contributed by atoms with Gasteiger partial charge in [-0.15, -0.1) is 0 Å². The highest BCUT2D eigenvalue weighted by Crippen LogP contribution is 2.43. The maximum Gasteiger partial charge on any atom is 0.407 e. The standard InChI is InChI=1S/C33H33Cl2N3O5/c1-3-14-41-33(40)36-17-23-6-4-7-25(15-23)26-8-5-9-27(16-26)32-42-28(18-38-20-37-30(34)31(38)35)21(2)29(43-32)24-12-10-22(19-39)11-13-24/h3-13,15-16,20-21,28-29,32,39H,1,14,17-19H2,2H3,(H,36,40)/t21-,28+,29+,32+/m1/s1. The van der Waals surface area contributed by atoms with Crippen molar-refractivity contribution >= 4 is 29.3 Å².